The van der Waals surface area contributed by atoms with Gasteiger partial charge in [-0.15, -0.1) is 0 Å². The molecule has 2 atom stereocenters. The van der Waals surface area contributed by atoms with Crippen LogP contribution in [0.4, 0.5) is 13.2 Å². The molecule has 0 saturated carbocycles. The Labute approximate surface area is 104 Å². The van der Waals surface area contributed by atoms with E-state index in [1.165, 1.54) is 0 Å². The molecular weight excluding hydrogens is 243 g/mol. The summed E-state index contributed by atoms with van der Waals surface area (Å²) in [6.45, 7) is 1.06. The zero-order valence-corrected chi connectivity index (χ0v) is 9.90. The van der Waals surface area contributed by atoms with Crippen molar-refractivity contribution in [3.05, 3.63) is 35.9 Å². The largest absolute Gasteiger partial charge is 0.415 e. The molecule has 1 saturated heterocycles. The summed E-state index contributed by atoms with van der Waals surface area (Å²) in [5.74, 6) is 0. The molecule has 0 aromatic heterocycles. The summed E-state index contributed by atoms with van der Waals surface area (Å²) < 4.78 is 37.6. The molecule has 18 heavy (non-hydrogen) atoms. The van der Waals surface area contributed by atoms with E-state index < -0.39 is 18.3 Å². The lowest BCUT2D eigenvalue weighted by molar-refractivity contribution is -0.219. The van der Waals surface area contributed by atoms with Gasteiger partial charge in [0, 0.05) is 12.6 Å². The third kappa shape index (κ3) is 3.03. The Bertz CT molecular complexity index is 380. The first kappa shape index (κ1) is 13.4. The highest BCUT2D eigenvalue weighted by Crippen LogP contribution is 2.31. The molecule has 5 heteroatoms. The second kappa shape index (κ2) is 5.28. The van der Waals surface area contributed by atoms with Crippen LogP contribution in [0.25, 0.3) is 0 Å². The van der Waals surface area contributed by atoms with E-state index in [1.54, 1.807) is 4.90 Å². The van der Waals surface area contributed by atoms with Crippen LogP contribution in [0.2, 0.25) is 0 Å². The molecular formula is C13H16F3NO. The predicted molar refractivity (Wildman–Crippen MR) is 61.9 cm³/mol. The lowest BCUT2D eigenvalue weighted by Crippen LogP contribution is -2.46. The zero-order chi connectivity index (χ0) is 13.2. The van der Waals surface area contributed by atoms with E-state index in [0.717, 1.165) is 5.56 Å². The molecule has 1 heterocycles. The minimum absolute atomic E-state index is 0.396. The van der Waals surface area contributed by atoms with Gasteiger partial charge >= 0.3 is 6.18 Å². The SMILES string of the molecule is O[C@@H](C1CCCN1Cc1ccccc1)C(F)(F)F. The van der Waals surface area contributed by atoms with E-state index in [9.17, 15) is 18.3 Å². The first-order chi connectivity index (χ1) is 8.48. The van der Waals surface area contributed by atoms with Crippen LogP contribution >= 0.6 is 0 Å². The molecule has 1 fully saturated rings. The highest BCUT2D eigenvalue weighted by molar-refractivity contribution is 5.15. The summed E-state index contributed by atoms with van der Waals surface area (Å²) in [6.07, 6.45) is -5.69. The third-order valence-electron chi connectivity index (χ3n) is 3.34. The molecule has 0 spiro atoms. The van der Waals surface area contributed by atoms with Gasteiger partial charge in [0.1, 0.15) is 0 Å². The van der Waals surface area contributed by atoms with Crippen LogP contribution in [0.1, 0.15) is 18.4 Å². The monoisotopic (exact) mass is 259 g/mol. The van der Waals surface area contributed by atoms with Gasteiger partial charge in [-0.1, -0.05) is 30.3 Å². The van der Waals surface area contributed by atoms with E-state index in [4.69, 9.17) is 0 Å². The van der Waals surface area contributed by atoms with E-state index in [0.29, 0.717) is 25.9 Å². The maximum absolute atomic E-state index is 12.5. The van der Waals surface area contributed by atoms with Crippen molar-refractivity contribution < 1.29 is 18.3 Å². The number of aliphatic hydroxyl groups is 1. The van der Waals surface area contributed by atoms with Crippen LogP contribution in [0.3, 0.4) is 0 Å². The number of halogens is 3. The van der Waals surface area contributed by atoms with Crippen molar-refractivity contribution in [2.45, 2.75) is 37.7 Å². The molecule has 0 aliphatic carbocycles. The van der Waals surface area contributed by atoms with Crippen molar-refractivity contribution in [3.8, 4) is 0 Å². The average molecular weight is 259 g/mol. The molecule has 1 aliphatic rings. The van der Waals surface area contributed by atoms with Crippen molar-refractivity contribution in [2.75, 3.05) is 6.54 Å². The van der Waals surface area contributed by atoms with Crippen molar-refractivity contribution in [3.63, 3.8) is 0 Å². The molecule has 0 bridgehead atoms. The van der Waals surface area contributed by atoms with Crippen molar-refractivity contribution in [1.82, 2.24) is 4.90 Å². The highest BCUT2D eigenvalue weighted by Gasteiger charge is 2.46. The van der Waals surface area contributed by atoms with E-state index in [2.05, 4.69) is 0 Å². The van der Waals surface area contributed by atoms with Gasteiger partial charge in [0.15, 0.2) is 6.10 Å². The van der Waals surface area contributed by atoms with Gasteiger partial charge in [0.2, 0.25) is 0 Å². The minimum Gasteiger partial charge on any atom is -0.382 e. The Kier molecular flexibility index (Phi) is 3.92. The first-order valence-corrected chi connectivity index (χ1v) is 6.01. The Morgan fingerprint density at radius 1 is 1.28 bits per heavy atom. The van der Waals surface area contributed by atoms with Crippen molar-refractivity contribution in [1.29, 1.82) is 0 Å². The predicted octanol–water partition coefficient (Wildman–Crippen LogP) is 2.57. The fraction of sp³-hybridized carbons (Fsp3) is 0.538. The summed E-state index contributed by atoms with van der Waals surface area (Å²) in [5, 5.41) is 9.37. The van der Waals surface area contributed by atoms with E-state index >= 15 is 0 Å². The summed E-state index contributed by atoms with van der Waals surface area (Å²) in [7, 11) is 0. The standard InChI is InChI=1S/C13H16F3NO/c14-13(15,16)12(18)11-7-4-8-17(11)9-10-5-2-1-3-6-10/h1-3,5-6,11-12,18H,4,7-9H2/t11?,12-/m0/s1. The average Bonchev–Trinajstić information content (AvgIpc) is 2.76. The smallest absolute Gasteiger partial charge is 0.382 e. The number of alkyl halides is 3. The van der Waals surface area contributed by atoms with Gasteiger partial charge in [0.05, 0.1) is 0 Å². The quantitative estimate of drug-likeness (QED) is 0.901. The number of aliphatic hydroxyl groups excluding tert-OH is 1. The van der Waals surface area contributed by atoms with Crippen LogP contribution < -0.4 is 0 Å². The second-order valence-electron chi connectivity index (χ2n) is 4.65. The van der Waals surface area contributed by atoms with Gasteiger partial charge in [-0.3, -0.25) is 4.90 Å². The third-order valence-corrected chi connectivity index (χ3v) is 3.34. The second-order valence-corrected chi connectivity index (χ2v) is 4.65. The zero-order valence-electron chi connectivity index (χ0n) is 9.90. The van der Waals surface area contributed by atoms with E-state index in [-0.39, 0.29) is 0 Å². The first-order valence-electron chi connectivity index (χ1n) is 6.01. The number of hydrogen-bond donors (Lipinski definition) is 1. The van der Waals surface area contributed by atoms with Gasteiger partial charge in [0.25, 0.3) is 0 Å². The lowest BCUT2D eigenvalue weighted by atomic mass is 10.1. The van der Waals surface area contributed by atoms with Crippen molar-refractivity contribution in [2.24, 2.45) is 0 Å². The number of nitrogens with zero attached hydrogens (tertiary/aromatic N) is 1. The minimum atomic E-state index is -4.54. The summed E-state index contributed by atoms with van der Waals surface area (Å²) in [5.41, 5.74) is 0.971. The van der Waals surface area contributed by atoms with Crippen LogP contribution in [-0.4, -0.2) is 34.9 Å². The van der Waals surface area contributed by atoms with Crippen LogP contribution in [0.15, 0.2) is 30.3 Å². The molecule has 1 aromatic carbocycles. The van der Waals surface area contributed by atoms with Crippen LogP contribution in [0.5, 0.6) is 0 Å². The van der Waals surface area contributed by atoms with Crippen LogP contribution in [0, 0.1) is 0 Å². The van der Waals surface area contributed by atoms with Crippen LogP contribution in [-0.2, 0) is 6.54 Å². The Hall–Kier alpha value is -1.07. The van der Waals surface area contributed by atoms with Gasteiger partial charge in [-0.2, -0.15) is 13.2 Å². The van der Waals surface area contributed by atoms with Gasteiger partial charge in [-0.25, -0.2) is 0 Å². The number of benzene rings is 1. The fourth-order valence-electron chi connectivity index (χ4n) is 2.44. The molecule has 1 aliphatic heterocycles. The molecule has 1 unspecified atom stereocenters. The molecule has 100 valence electrons. The molecule has 1 aromatic rings. The number of rotatable bonds is 3. The Morgan fingerprint density at radius 2 is 1.94 bits per heavy atom. The molecule has 0 amide bonds. The summed E-state index contributed by atoms with van der Waals surface area (Å²) >= 11 is 0. The summed E-state index contributed by atoms with van der Waals surface area (Å²) in [6, 6.07) is 8.55. The van der Waals surface area contributed by atoms with Crippen molar-refractivity contribution >= 4 is 0 Å². The van der Waals surface area contributed by atoms with Gasteiger partial charge < -0.3 is 5.11 Å². The van der Waals surface area contributed by atoms with E-state index in [1.807, 2.05) is 30.3 Å². The number of likely N-dealkylation sites (tertiary alicyclic amines) is 1. The highest BCUT2D eigenvalue weighted by atomic mass is 19.4. The topological polar surface area (TPSA) is 23.5 Å². The normalized spacial score (nSPS) is 23.2. The maximum Gasteiger partial charge on any atom is 0.415 e. The molecule has 2 nitrogen and oxygen atoms in total. The lowest BCUT2D eigenvalue weighted by Gasteiger charge is -2.29. The fourth-order valence-corrected chi connectivity index (χ4v) is 2.44. The summed E-state index contributed by atoms with van der Waals surface area (Å²) in [4.78, 5) is 1.72. The molecule has 0 radical (unpaired) electrons. The van der Waals surface area contributed by atoms with Gasteiger partial charge in [-0.05, 0) is 24.9 Å². The number of hydrogen-bond acceptors (Lipinski definition) is 2. The maximum atomic E-state index is 12.5. The molecule has 2 rings (SSSR count). The Morgan fingerprint density at radius 3 is 2.56 bits per heavy atom. The Balaban J connectivity index is 2.04. The molecule has 1 N–H and O–H groups in total.